The van der Waals surface area contributed by atoms with Gasteiger partial charge in [-0.2, -0.15) is 0 Å². The standard InChI is InChI=1S/C14H22O8/c1-7-12(18-5)14(22-10(4)17)13(21-9(3)16)11(20-7)6-19-8(2)15/h7,11-14H,6H2,1-5H3/t7-,11?,12?,13+,14?/m0/s1. The van der Waals surface area contributed by atoms with Gasteiger partial charge < -0.3 is 23.7 Å². The van der Waals surface area contributed by atoms with Gasteiger partial charge in [-0.3, -0.25) is 14.4 Å². The number of hydrogen-bond acceptors (Lipinski definition) is 8. The molecular weight excluding hydrogens is 296 g/mol. The third-order valence-corrected chi connectivity index (χ3v) is 3.19. The molecule has 1 heterocycles. The molecule has 0 aliphatic carbocycles. The van der Waals surface area contributed by atoms with E-state index in [0.717, 1.165) is 0 Å². The molecule has 8 heteroatoms. The van der Waals surface area contributed by atoms with Crippen molar-refractivity contribution in [2.24, 2.45) is 0 Å². The molecule has 1 rings (SSSR count). The predicted octanol–water partition coefficient (Wildman–Crippen LogP) is 0.215. The van der Waals surface area contributed by atoms with Crippen LogP contribution in [0.1, 0.15) is 27.7 Å². The SMILES string of the molecule is COC1C(OC(C)=O)[C@H](OC(C)=O)C(COC(C)=O)O[C@H]1C. The van der Waals surface area contributed by atoms with E-state index in [1.54, 1.807) is 6.92 Å². The highest BCUT2D eigenvalue weighted by Gasteiger charge is 2.49. The van der Waals surface area contributed by atoms with Crippen LogP contribution in [0.15, 0.2) is 0 Å². The van der Waals surface area contributed by atoms with Crippen molar-refractivity contribution in [2.75, 3.05) is 13.7 Å². The van der Waals surface area contributed by atoms with Gasteiger partial charge in [0, 0.05) is 27.9 Å². The number of methoxy groups -OCH3 is 1. The lowest BCUT2D eigenvalue weighted by Crippen LogP contribution is -2.61. The third kappa shape index (κ3) is 4.96. The molecule has 8 nitrogen and oxygen atoms in total. The molecule has 0 spiro atoms. The Labute approximate surface area is 129 Å². The van der Waals surface area contributed by atoms with Gasteiger partial charge in [-0.05, 0) is 6.92 Å². The lowest BCUT2D eigenvalue weighted by atomic mass is 9.95. The first-order valence-electron chi connectivity index (χ1n) is 6.92. The highest BCUT2D eigenvalue weighted by Crippen LogP contribution is 2.28. The lowest BCUT2D eigenvalue weighted by molar-refractivity contribution is -0.248. The molecule has 126 valence electrons. The van der Waals surface area contributed by atoms with E-state index in [1.165, 1.54) is 27.9 Å². The Bertz CT molecular complexity index is 421. The van der Waals surface area contributed by atoms with E-state index in [0.29, 0.717) is 0 Å². The normalized spacial score (nSPS) is 31.2. The monoisotopic (exact) mass is 318 g/mol. The van der Waals surface area contributed by atoms with E-state index in [1.807, 2.05) is 0 Å². The van der Waals surface area contributed by atoms with Gasteiger partial charge in [0.2, 0.25) is 0 Å². The Morgan fingerprint density at radius 1 is 0.909 bits per heavy atom. The minimum absolute atomic E-state index is 0.119. The first-order chi connectivity index (χ1) is 10.3. The van der Waals surface area contributed by atoms with Crippen molar-refractivity contribution in [3.05, 3.63) is 0 Å². The molecule has 0 N–H and O–H groups in total. The number of hydrogen-bond donors (Lipinski definition) is 0. The second-order valence-corrected chi connectivity index (χ2v) is 5.03. The minimum Gasteiger partial charge on any atom is -0.463 e. The maximum Gasteiger partial charge on any atom is 0.303 e. The lowest BCUT2D eigenvalue weighted by Gasteiger charge is -2.43. The Kier molecular flexibility index (Phi) is 6.76. The average Bonchev–Trinajstić information content (AvgIpc) is 2.39. The summed E-state index contributed by atoms with van der Waals surface area (Å²) in [5.41, 5.74) is 0. The van der Waals surface area contributed by atoms with Crippen molar-refractivity contribution in [2.45, 2.75) is 58.2 Å². The van der Waals surface area contributed by atoms with Crippen molar-refractivity contribution in [1.29, 1.82) is 0 Å². The Hall–Kier alpha value is -1.67. The van der Waals surface area contributed by atoms with E-state index in [-0.39, 0.29) is 6.61 Å². The molecule has 0 bridgehead atoms. The van der Waals surface area contributed by atoms with Crippen LogP contribution in [0.2, 0.25) is 0 Å². The Morgan fingerprint density at radius 2 is 1.45 bits per heavy atom. The average molecular weight is 318 g/mol. The Morgan fingerprint density at radius 3 is 1.91 bits per heavy atom. The zero-order chi connectivity index (χ0) is 16.9. The smallest absolute Gasteiger partial charge is 0.303 e. The summed E-state index contributed by atoms with van der Waals surface area (Å²) in [5.74, 6) is -1.59. The molecule has 1 aliphatic rings. The maximum absolute atomic E-state index is 11.3. The van der Waals surface area contributed by atoms with Gasteiger partial charge in [-0.1, -0.05) is 0 Å². The van der Waals surface area contributed by atoms with Gasteiger partial charge in [0.05, 0.1) is 6.10 Å². The van der Waals surface area contributed by atoms with Gasteiger partial charge >= 0.3 is 17.9 Å². The molecule has 1 saturated heterocycles. The van der Waals surface area contributed by atoms with Crippen LogP contribution in [0.4, 0.5) is 0 Å². The first kappa shape index (κ1) is 18.4. The molecule has 1 aliphatic heterocycles. The van der Waals surface area contributed by atoms with Crippen molar-refractivity contribution in [1.82, 2.24) is 0 Å². The van der Waals surface area contributed by atoms with E-state index in [4.69, 9.17) is 23.7 Å². The molecule has 0 saturated carbocycles. The topological polar surface area (TPSA) is 97.4 Å². The zero-order valence-electron chi connectivity index (χ0n) is 13.4. The number of esters is 3. The van der Waals surface area contributed by atoms with Gasteiger partial charge in [0.25, 0.3) is 0 Å². The molecule has 5 atom stereocenters. The van der Waals surface area contributed by atoms with Gasteiger partial charge in [0.1, 0.15) is 18.8 Å². The van der Waals surface area contributed by atoms with Crippen LogP contribution in [-0.4, -0.2) is 62.1 Å². The van der Waals surface area contributed by atoms with Crippen molar-refractivity contribution in [3.63, 3.8) is 0 Å². The highest BCUT2D eigenvalue weighted by molar-refractivity contribution is 5.67. The molecule has 0 radical (unpaired) electrons. The van der Waals surface area contributed by atoms with Crippen LogP contribution in [0.5, 0.6) is 0 Å². The summed E-state index contributed by atoms with van der Waals surface area (Å²) in [5, 5.41) is 0. The van der Waals surface area contributed by atoms with Crippen LogP contribution in [-0.2, 0) is 38.1 Å². The highest BCUT2D eigenvalue weighted by atomic mass is 16.6. The zero-order valence-corrected chi connectivity index (χ0v) is 13.4. The summed E-state index contributed by atoms with van der Waals surface area (Å²) in [6.07, 6.45) is -3.58. The molecule has 0 aromatic rings. The van der Waals surface area contributed by atoms with Crippen LogP contribution < -0.4 is 0 Å². The van der Waals surface area contributed by atoms with Crippen molar-refractivity contribution >= 4 is 17.9 Å². The fourth-order valence-corrected chi connectivity index (χ4v) is 2.42. The van der Waals surface area contributed by atoms with E-state index >= 15 is 0 Å². The molecule has 22 heavy (non-hydrogen) atoms. The second kappa shape index (κ2) is 8.09. The van der Waals surface area contributed by atoms with Gasteiger partial charge in [0.15, 0.2) is 12.2 Å². The summed E-state index contributed by atoms with van der Waals surface area (Å²) in [6.45, 7) is 5.35. The fraction of sp³-hybridized carbons (Fsp3) is 0.786. The molecule has 0 aromatic heterocycles. The number of ether oxygens (including phenoxy) is 5. The number of carbonyl (C=O) groups excluding carboxylic acids is 3. The summed E-state index contributed by atoms with van der Waals surface area (Å²) in [7, 11) is 1.44. The molecule has 3 unspecified atom stereocenters. The van der Waals surface area contributed by atoms with Crippen LogP contribution in [0.3, 0.4) is 0 Å². The Balaban J connectivity index is 3.01. The second-order valence-electron chi connectivity index (χ2n) is 5.03. The van der Waals surface area contributed by atoms with E-state index in [2.05, 4.69) is 0 Å². The largest absolute Gasteiger partial charge is 0.463 e. The van der Waals surface area contributed by atoms with Gasteiger partial charge in [-0.25, -0.2) is 0 Å². The van der Waals surface area contributed by atoms with Crippen LogP contribution >= 0.6 is 0 Å². The predicted molar refractivity (Wildman–Crippen MR) is 72.9 cm³/mol. The number of carbonyl (C=O) groups is 3. The van der Waals surface area contributed by atoms with Crippen molar-refractivity contribution in [3.8, 4) is 0 Å². The quantitative estimate of drug-likeness (QED) is 0.524. The van der Waals surface area contributed by atoms with Gasteiger partial charge in [-0.15, -0.1) is 0 Å². The number of rotatable bonds is 5. The minimum atomic E-state index is -0.929. The summed E-state index contributed by atoms with van der Waals surface area (Å²) in [6, 6.07) is 0. The van der Waals surface area contributed by atoms with Crippen molar-refractivity contribution < 1.29 is 38.1 Å². The first-order valence-corrected chi connectivity index (χ1v) is 6.92. The summed E-state index contributed by atoms with van der Waals surface area (Å²) >= 11 is 0. The van der Waals surface area contributed by atoms with E-state index < -0.39 is 48.4 Å². The molecule has 0 amide bonds. The molecule has 1 fully saturated rings. The molecular formula is C14H22O8. The fourth-order valence-electron chi connectivity index (χ4n) is 2.42. The van der Waals surface area contributed by atoms with Crippen LogP contribution in [0.25, 0.3) is 0 Å². The summed E-state index contributed by atoms with van der Waals surface area (Å²) < 4.78 is 26.4. The van der Waals surface area contributed by atoms with E-state index in [9.17, 15) is 14.4 Å². The maximum atomic E-state index is 11.3. The third-order valence-electron chi connectivity index (χ3n) is 3.19. The summed E-state index contributed by atoms with van der Waals surface area (Å²) in [4.78, 5) is 33.7. The molecule has 0 aromatic carbocycles. The van der Waals surface area contributed by atoms with Crippen LogP contribution in [0, 0.1) is 0 Å².